The molecule has 0 aliphatic heterocycles. The Balaban J connectivity index is 1.89. The van der Waals surface area contributed by atoms with Gasteiger partial charge in [-0.1, -0.05) is 36.4 Å². The van der Waals surface area contributed by atoms with Crippen molar-refractivity contribution in [3.8, 4) is 16.9 Å². The van der Waals surface area contributed by atoms with E-state index in [1.54, 1.807) is 0 Å². The summed E-state index contributed by atoms with van der Waals surface area (Å²) < 4.78 is 5.85. The number of hydrogen-bond donors (Lipinski definition) is 2. The largest absolute Gasteiger partial charge is 0.489 e. The molecule has 0 saturated carbocycles. The molecule has 0 radical (unpaired) electrons. The van der Waals surface area contributed by atoms with Gasteiger partial charge in [-0.2, -0.15) is 0 Å². The quantitative estimate of drug-likeness (QED) is 0.711. The zero-order chi connectivity index (χ0) is 15.4. The number of hydrogen-bond acceptors (Lipinski definition) is 3. The molecule has 0 fully saturated rings. The third kappa shape index (κ3) is 3.20. The Bertz CT molecular complexity index is 752. The number of para-hydroxylation sites is 1. The van der Waals surface area contributed by atoms with E-state index in [0.29, 0.717) is 6.61 Å². The van der Waals surface area contributed by atoms with Crippen molar-refractivity contribution in [1.29, 1.82) is 0 Å². The van der Waals surface area contributed by atoms with E-state index in [1.165, 1.54) is 0 Å². The van der Waals surface area contributed by atoms with Crippen molar-refractivity contribution in [3.63, 3.8) is 0 Å². The smallest absolute Gasteiger partial charge is 0.119 e. The van der Waals surface area contributed by atoms with Crippen molar-refractivity contribution in [3.05, 3.63) is 78.4 Å². The van der Waals surface area contributed by atoms with Crippen LogP contribution in [0.5, 0.6) is 5.75 Å². The second kappa shape index (κ2) is 6.22. The van der Waals surface area contributed by atoms with Crippen LogP contribution in [0.25, 0.3) is 11.1 Å². The van der Waals surface area contributed by atoms with Crippen LogP contribution in [0.2, 0.25) is 0 Å². The lowest BCUT2D eigenvalue weighted by molar-refractivity contribution is 0.307. The molecule has 22 heavy (non-hydrogen) atoms. The third-order valence-corrected chi connectivity index (χ3v) is 3.49. The van der Waals surface area contributed by atoms with Crippen LogP contribution < -0.4 is 16.2 Å². The van der Waals surface area contributed by atoms with E-state index in [2.05, 4.69) is 0 Å². The summed E-state index contributed by atoms with van der Waals surface area (Å²) in [6.45, 7) is 0.467. The topological polar surface area (TPSA) is 61.3 Å². The summed E-state index contributed by atoms with van der Waals surface area (Å²) in [7, 11) is 0. The van der Waals surface area contributed by atoms with E-state index in [0.717, 1.165) is 33.8 Å². The summed E-state index contributed by atoms with van der Waals surface area (Å²) in [4.78, 5) is 0. The minimum absolute atomic E-state index is 0.467. The van der Waals surface area contributed by atoms with Crippen molar-refractivity contribution in [1.82, 2.24) is 0 Å². The molecule has 0 unspecified atom stereocenters. The molecule has 3 nitrogen and oxygen atoms in total. The predicted molar refractivity (Wildman–Crippen MR) is 91.5 cm³/mol. The number of anilines is 2. The highest BCUT2D eigenvalue weighted by molar-refractivity contribution is 5.71. The monoisotopic (exact) mass is 290 g/mol. The van der Waals surface area contributed by atoms with Gasteiger partial charge in [0, 0.05) is 11.4 Å². The Hall–Kier alpha value is -2.94. The molecule has 3 aromatic rings. The van der Waals surface area contributed by atoms with Crippen molar-refractivity contribution >= 4 is 11.4 Å². The van der Waals surface area contributed by atoms with Crippen LogP contribution in [-0.2, 0) is 6.61 Å². The maximum absolute atomic E-state index is 5.92. The lowest BCUT2D eigenvalue weighted by Gasteiger charge is -2.12. The summed E-state index contributed by atoms with van der Waals surface area (Å²) in [6.07, 6.45) is 0. The van der Waals surface area contributed by atoms with Crippen LogP contribution in [0.1, 0.15) is 5.56 Å². The molecule has 3 aromatic carbocycles. The molecule has 0 spiro atoms. The lowest BCUT2D eigenvalue weighted by atomic mass is 9.99. The average molecular weight is 290 g/mol. The Kier molecular flexibility index (Phi) is 3.97. The van der Waals surface area contributed by atoms with Crippen molar-refractivity contribution in [2.75, 3.05) is 11.5 Å². The van der Waals surface area contributed by atoms with Gasteiger partial charge in [0.25, 0.3) is 0 Å². The molecule has 0 bridgehead atoms. The van der Waals surface area contributed by atoms with E-state index in [4.69, 9.17) is 16.2 Å². The second-order valence-electron chi connectivity index (χ2n) is 5.14. The van der Waals surface area contributed by atoms with E-state index in [9.17, 15) is 0 Å². The van der Waals surface area contributed by atoms with Gasteiger partial charge in [-0.3, -0.25) is 0 Å². The first-order valence-corrected chi connectivity index (χ1v) is 7.14. The molecule has 110 valence electrons. The molecule has 0 aliphatic carbocycles. The third-order valence-electron chi connectivity index (χ3n) is 3.49. The molecule has 0 aliphatic rings. The zero-order valence-electron chi connectivity index (χ0n) is 12.2. The van der Waals surface area contributed by atoms with Gasteiger partial charge in [0.15, 0.2) is 0 Å². The summed E-state index contributed by atoms with van der Waals surface area (Å²) in [5.41, 5.74) is 16.4. The maximum atomic E-state index is 5.92. The first-order valence-electron chi connectivity index (χ1n) is 7.14. The number of nitrogen functional groups attached to an aromatic ring is 2. The second-order valence-corrected chi connectivity index (χ2v) is 5.14. The van der Waals surface area contributed by atoms with Crippen LogP contribution in [0.4, 0.5) is 11.4 Å². The molecule has 0 saturated heterocycles. The van der Waals surface area contributed by atoms with Gasteiger partial charge < -0.3 is 16.2 Å². The van der Waals surface area contributed by atoms with Crippen molar-refractivity contribution in [2.24, 2.45) is 0 Å². The molecule has 0 heterocycles. The van der Waals surface area contributed by atoms with Gasteiger partial charge in [-0.15, -0.1) is 0 Å². The van der Waals surface area contributed by atoms with Gasteiger partial charge in [-0.25, -0.2) is 0 Å². The van der Waals surface area contributed by atoms with Gasteiger partial charge >= 0.3 is 0 Å². The Morgan fingerprint density at radius 1 is 0.727 bits per heavy atom. The number of rotatable bonds is 4. The van der Waals surface area contributed by atoms with E-state index in [-0.39, 0.29) is 0 Å². The molecule has 4 N–H and O–H groups in total. The molecule has 3 rings (SSSR count). The van der Waals surface area contributed by atoms with Crippen molar-refractivity contribution < 1.29 is 4.74 Å². The molecular formula is C19H18N2O. The fourth-order valence-corrected chi connectivity index (χ4v) is 2.36. The number of ether oxygens (including phenoxy) is 1. The Morgan fingerprint density at radius 3 is 2.14 bits per heavy atom. The first kappa shape index (κ1) is 14.0. The van der Waals surface area contributed by atoms with Gasteiger partial charge in [-0.05, 0) is 53.1 Å². The highest BCUT2D eigenvalue weighted by atomic mass is 16.5. The number of nitrogens with two attached hydrogens (primary N) is 2. The molecule has 0 amide bonds. The highest BCUT2D eigenvalue weighted by Crippen LogP contribution is 2.27. The fourth-order valence-electron chi connectivity index (χ4n) is 2.36. The highest BCUT2D eigenvalue weighted by Gasteiger charge is 2.07. The average Bonchev–Trinajstić information content (AvgIpc) is 2.55. The fraction of sp³-hybridized carbons (Fsp3) is 0.0526. The van der Waals surface area contributed by atoms with Crippen molar-refractivity contribution in [2.45, 2.75) is 6.61 Å². The van der Waals surface area contributed by atoms with Crippen LogP contribution in [0, 0.1) is 0 Å². The van der Waals surface area contributed by atoms with Gasteiger partial charge in [0.2, 0.25) is 0 Å². The summed E-state index contributed by atoms with van der Waals surface area (Å²) >= 11 is 0. The maximum Gasteiger partial charge on any atom is 0.119 e. The Labute approximate surface area is 130 Å². The van der Waals surface area contributed by atoms with Crippen LogP contribution in [-0.4, -0.2) is 0 Å². The van der Waals surface area contributed by atoms with E-state index in [1.807, 2.05) is 72.8 Å². The van der Waals surface area contributed by atoms with Crippen LogP contribution >= 0.6 is 0 Å². The van der Waals surface area contributed by atoms with Gasteiger partial charge in [0.1, 0.15) is 12.4 Å². The lowest BCUT2D eigenvalue weighted by Crippen LogP contribution is -1.99. The van der Waals surface area contributed by atoms with E-state index < -0.39 is 0 Å². The van der Waals surface area contributed by atoms with Gasteiger partial charge in [0.05, 0.1) is 0 Å². The molecule has 3 heteroatoms. The SMILES string of the molecule is Nc1ccc(-c2ccc(N)cc2COc2ccccc2)cc1. The molecule has 0 aromatic heterocycles. The normalized spacial score (nSPS) is 10.4. The van der Waals surface area contributed by atoms with E-state index >= 15 is 0 Å². The minimum Gasteiger partial charge on any atom is -0.489 e. The number of benzene rings is 3. The first-order chi connectivity index (χ1) is 10.7. The summed E-state index contributed by atoms with van der Waals surface area (Å²) in [5.74, 6) is 0.841. The zero-order valence-corrected chi connectivity index (χ0v) is 12.2. The minimum atomic E-state index is 0.467. The summed E-state index contributed by atoms with van der Waals surface area (Å²) in [6, 6.07) is 23.4. The standard InChI is InChI=1S/C19H18N2O/c20-16-8-6-14(7-9-16)19-11-10-17(21)12-15(19)13-22-18-4-2-1-3-5-18/h1-12H,13,20-21H2. The van der Waals surface area contributed by atoms with Crippen LogP contribution in [0.15, 0.2) is 72.8 Å². The van der Waals surface area contributed by atoms with Crippen LogP contribution in [0.3, 0.4) is 0 Å². The Morgan fingerprint density at radius 2 is 1.41 bits per heavy atom. The molecular weight excluding hydrogens is 272 g/mol. The summed E-state index contributed by atoms with van der Waals surface area (Å²) in [5, 5.41) is 0. The molecule has 0 atom stereocenters. The predicted octanol–water partition coefficient (Wildman–Crippen LogP) is 4.10.